The summed E-state index contributed by atoms with van der Waals surface area (Å²) in [4.78, 5) is 25.3. The van der Waals surface area contributed by atoms with Crippen molar-refractivity contribution in [3.05, 3.63) is 71.0 Å². The summed E-state index contributed by atoms with van der Waals surface area (Å²) in [5, 5.41) is 9.43. The van der Waals surface area contributed by atoms with Crippen molar-refractivity contribution in [2.24, 2.45) is 5.92 Å². The van der Waals surface area contributed by atoms with E-state index < -0.39 is 41.2 Å². The minimum absolute atomic E-state index is 0.0690. The largest absolute Gasteiger partial charge is 0.481 e. The zero-order chi connectivity index (χ0) is 18.1. The molecule has 1 amide bonds. The molecule has 7 heteroatoms. The first kappa shape index (κ1) is 17.0. The van der Waals surface area contributed by atoms with Gasteiger partial charge in [0.2, 0.25) is 0 Å². The van der Waals surface area contributed by atoms with E-state index in [2.05, 4.69) is 0 Å². The molecule has 1 N–H and O–H groups in total. The van der Waals surface area contributed by atoms with Crippen LogP contribution in [0.15, 0.2) is 42.5 Å². The summed E-state index contributed by atoms with van der Waals surface area (Å²) in [5.74, 6) is -5.35. The Kier molecular flexibility index (Phi) is 4.48. The van der Waals surface area contributed by atoms with Crippen molar-refractivity contribution in [2.45, 2.75) is 5.92 Å². The molecule has 1 heterocycles. The Morgan fingerprint density at radius 3 is 2.08 bits per heavy atom. The van der Waals surface area contributed by atoms with E-state index in [-0.39, 0.29) is 18.7 Å². The molecule has 1 fully saturated rings. The predicted molar refractivity (Wildman–Crippen MR) is 82.5 cm³/mol. The number of carboxylic acid groups (broad SMARTS) is 1. The summed E-state index contributed by atoms with van der Waals surface area (Å²) in [6.45, 7) is -0.0199. The van der Waals surface area contributed by atoms with Crippen molar-refractivity contribution in [1.82, 2.24) is 4.90 Å². The molecule has 2 aromatic carbocycles. The van der Waals surface area contributed by atoms with Gasteiger partial charge in [0.15, 0.2) is 0 Å². The smallest absolute Gasteiger partial charge is 0.308 e. The second-order valence-electron chi connectivity index (χ2n) is 5.97. The van der Waals surface area contributed by atoms with Gasteiger partial charge >= 0.3 is 5.97 Å². The molecule has 3 rings (SSSR count). The van der Waals surface area contributed by atoms with Gasteiger partial charge in [0.1, 0.15) is 17.5 Å². The van der Waals surface area contributed by atoms with E-state index in [0.29, 0.717) is 11.6 Å². The zero-order valence-corrected chi connectivity index (χ0v) is 13.0. The summed E-state index contributed by atoms with van der Waals surface area (Å²) >= 11 is 0. The lowest BCUT2D eigenvalue weighted by Gasteiger charge is -2.17. The number of hydrogen-bond acceptors (Lipinski definition) is 2. The molecule has 1 aliphatic heterocycles. The van der Waals surface area contributed by atoms with Crippen LogP contribution in [0.1, 0.15) is 21.8 Å². The monoisotopic (exact) mass is 349 g/mol. The molecule has 0 unspecified atom stereocenters. The van der Waals surface area contributed by atoms with Gasteiger partial charge in [-0.15, -0.1) is 0 Å². The Labute approximate surface area is 141 Å². The maximum Gasteiger partial charge on any atom is 0.308 e. The van der Waals surface area contributed by atoms with Crippen molar-refractivity contribution < 1.29 is 27.9 Å². The summed E-state index contributed by atoms with van der Waals surface area (Å²) in [5.41, 5.74) is 0.413. The highest BCUT2D eigenvalue weighted by Gasteiger charge is 2.40. The highest BCUT2D eigenvalue weighted by atomic mass is 19.1. The molecule has 4 nitrogen and oxygen atoms in total. The topological polar surface area (TPSA) is 57.6 Å². The number of aliphatic carboxylic acids is 1. The van der Waals surface area contributed by atoms with Crippen LogP contribution in [-0.2, 0) is 4.79 Å². The standard InChI is InChI=1S/C18H14F3NO3/c19-12-3-1-10(2-4-12)15-8-22(9-16(15)18(24)25)17(23)11-5-13(20)7-14(21)6-11/h1-7,15-16H,8-9H2,(H,24,25)/t15-,16+/m0/s1. The minimum atomic E-state index is -1.09. The number of amides is 1. The van der Waals surface area contributed by atoms with E-state index in [9.17, 15) is 27.9 Å². The Bertz CT molecular complexity index is 803. The number of rotatable bonds is 3. The predicted octanol–water partition coefficient (Wildman–Crippen LogP) is 3.04. The van der Waals surface area contributed by atoms with Crippen LogP contribution in [0.5, 0.6) is 0 Å². The molecule has 1 saturated heterocycles. The van der Waals surface area contributed by atoms with Crippen molar-refractivity contribution >= 4 is 11.9 Å². The molecule has 25 heavy (non-hydrogen) atoms. The van der Waals surface area contributed by atoms with Crippen LogP contribution < -0.4 is 0 Å². The molecule has 1 aliphatic rings. The molecule has 0 aliphatic carbocycles. The van der Waals surface area contributed by atoms with Crippen molar-refractivity contribution in [3.63, 3.8) is 0 Å². The highest BCUT2D eigenvalue weighted by Crippen LogP contribution is 2.34. The highest BCUT2D eigenvalue weighted by molar-refractivity contribution is 5.95. The Hall–Kier alpha value is -2.83. The average molecular weight is 349 g/mol. The second-order valence-corrected chi connectivity index (χ2v) is 5.97. The Morgan fingerprint density at radius 1 is 0.920 bits per heavy atom. The van der Waals surface area contributed by atoms with Crippen LogP contribution in [0.3, 0.4) is 0 Å². The normalized spacial score (nSPS) is 19.9. The summed E-state index contributed by atoms with van der Waals surface area (Å²) < 4.78 is 39.7. The van der Waals surface area contributed by atoms with E-state index in [0.717, 1.165) is 12.1 Å². The second kappa shape index (κ2) is 6.58. The van der Waals surface area contributed by atoms with Crippen LogP contribution >= 0.6 is 0 Å². The van der Waals surface area contributed by atoms with Crippen LogP contribution in [0.4, 0.5) is 13.2 Å². The number of halogens is 3. The number of hydrogen-bond donors (Lipinski definition) is 1. The molecule has 0 bridgehead atoms. The lowest BCUT2D eigenvalue weighted by Crippen LogP contribution is -2.30. The van der Waals surface area contributed by atoms with E-state index in [1.165, 1.54) is 29.2 Å². The molecule has 0 saturated carbocycles. The number of carbonyl (C=O) groups is 2. The number of carboxylic acids is 1. The summed E-state index contributed by atoms with van der Waals surface area (Å²) in [6, 6.07) is 7.87. The summed E-state index contributed by atoms with van der Waals surface area (Å²) in [7, 11) is 0. The summed E-state index contributed by atoms with van der Waals surface area (Å²) in [6.07, 6.45) is 0. The van der Waals surface area contributed by atoms with Gasteiger partial charge in [-0.25, -0.2) is 13.2 Å². The number of nitrogens with zero attached hydrogens (tertiary/aromatic N) is 1. The molecule has 0 spiro atoms. The molecular weight excluding hydrogens is 335 g/mol. The fraction of sp³-hybridized carbons (Fsp3) is 0.222. The van der Waals surface area contributed by atoms with E-state index in [4.69, 9.17) is 0 Å². The van der Waals surface area contributed by atoms with Crippen LogP contribution in [-0.4, -0.2) is 35.0 Å². The first-order chi connectivity index (χ1) is 11.8. The first-order valence-corrected chi connectivity index (χ1v) is 7.59. The van der Waals surface area contributed by atoms with Gasteiger partial charge in [0.05, 0.1) is 5.92 Å². The van der Waals surface area contributed by atoms with Gasteiger partial charge < -0.3 is 10.0 Å². The maximum absolute atomic E-state index is 13.3. The molecular formula is C18H14F3NO3. The van der Waals surface area contributed by atoms with Crippen LogP contribution in [0.2, 0.25) is 0 Å². The van der Waals surface area contributed by atoms with Gasteiger partial charge in [-0.1, -0.05) is 12.1 Å². The number of likely N-dealkylation sites (tertiary alicyclic amines) is 1. The lowest BCUT2D eigenvalue weighted by molar-refractivity contribution is -0.141. The van der Waals surface area contributed by atoms with E-state index >= 15 is 0 Å². The third kappa shape index (κ3) is 3.50. The van der Waals surface area contributed by atoms with E-state index in [1.807, 2.05) is 0 Å². The quantitative estimate of drug-likeness (QED) is 0.927. The Balaban J connectivity index is 1.87. The van der Waals surface area contributed by atoms with Crippen molar-refractivity contribution in [2.75, 3.05) is 13.1 Å². The fourth-order valence-electron chi connectivity index (χ4n) is 3.13. The van der Waals surface area contributed by atoms with Crippen molar-refractivity contribution in [1.29, 1.82) is 0 Å². The molecule has 0 radical (unpaired) electrons. The van der Waals surface area contributed by atoms with Gasteiger partial charge in [-0.3, -0.25) is 9.59 Å². The SMILES string of the molecule is O=C(O)[C@@H]1CN(C(=O)c2cc(F)cc(F)c2)C[C@H]1c1ccc(F)cc1. The van der Waals surface area contributed by atoms with Crippen LogP contribution in [0, 0.1) is 23.4 Å². The van der Waals surface area contributed by atoms with Gasteiger partial charge in [-0.2, -0.15) is 0 Å². The molecule has 130 valence electrons. The van der Waals surface area contributed by atoms with Gasteiger partial charge in [0.25, 0.3) is 5.91 Å². The minimum Gasteiger partial charge on any atom is -0.481 e. The van der Waals surface area contributed by atoms with Crippen molar-refractivity contribution in [3.8, 4) is 0 Å². The van der Waals surface area contributed by atoms with Gasteiger partial charge in [0, 0.05) is 30.6 Å². The molecule has 2 aromatic rings. The lowest BCUT2D eigenvalue weighted by atomic mass is 9.89. The molecule has 2 atom stereocenters. The third-order valence-electron chi connectivity index (χ3n) is 4.33. The fourth-order valence-corrected chi connectivity index (χ4v) is 3.13. The first-order valence-electron chi connectivity index (χ1n) is 7.59. The Morgan fingerprint density at radius 2 is 1.52 bits per heavy atom. The maximum atomic E-state index is 13.3. The number of benzene rings is 2. The zero-order valence-electron chi connectivity index (χ0n) is 13.0. The van der Waals surface area contributed by atoms with Crippen LogP contribution in [0.25, 0.3) is 0 Å². The van der Waals surface area contributed by atoms with E-state index in [1.54, 1.807) is 0 Å². The average Bonchev–Trinajstić information content (AvgIpc) is 2.99. The number of carbonyl (C=O) groups excluding carboxylic acids is 1. The molecule has 0 aromatic heterocycles. The van der Waals surface area contributed by atoms with Gasteiger partial charge in [-0.05, 0) is 29.8 Å². The third-order valence-corrected chi connectivity index (χ3v) is 4.33.